The highest BCUT2D eigenvalue weighted by Gasteiger charge is 2.59. The number of hydrogen-bond acceptors (Lipinski definition) is 2. The fourth-order valence-electron chi connectivity index (χ4n) is 6.63. The Morgan fingerprint density at radius 3 is 1.92 bits per heavy atom. The van der Waals surface area contributed by atoms with Crippen LogP contribution in [0.3, 0.4) is 0 Å². The average Bonchev–Trinajstić information content (AvgIpc) is 3.37. The molecule has 0 aromatic heterocycles. The highest BCUT2D eigenvalue weighted by Crippen LogP contribution is 2.54. The van der Waals surface area contributed by atoms with E-state index in [4.69, 9.17) is 0 Å². The van der Waals surface area contributed by atoms with Crippen molar-refractivity contribution in [3.8, 4) is 0 Å². The van der Waals surface area contributed by atoms with E-state index in [0.29, 0.717) is 23.8 Å². The fourth-order valence-corrected chi connectivity index (χ4v) is 6.63. The van der Waals surface area contributed by atoms with Crippen LogP contribution < -0.4 is 0 Å². The van der Waals surface area contributed by atoms with Gasteiger partial charge in [0, 0.05) is 31.5 Å². The van der Waals surface area contributed by atoms with Gasteiger partial charge < -0.3 is 0 Å². The molecule has 5 rings (SSSR count). The molecule has 0 N–H and O–H groups in total. The van der Waals surface area contributed by atoms with Crippen molar-refractivity contribution >= 4 is 5.78 Å². The molecular weight excluding hydrogens is 492 g/mol. The molecule has 3 aliphatic rings. The molecule has 2 aromatic rings. The minimum atomic E-state index is -4.86. The van der Waals surface area contributed by atoms with Gasteiger partial charge in [0.05, 0.1) is 11.1 Å². The number of carbonyl (C=O) groups excluding carboxylic acids is 1. The lowest BCUT2D eigenvalue weighted by Gasteiger charge is -2.36. The number of ketones is 1. The summed E-state index contributed by atoms with van der Waals surface area (Å²) in [6.45, 7) is 1.84. The van der Waals surface area contributed by atoms with Gasteiger partial charge in [-0.3, -0.25) is 9.69 Å². The number of aryl methyl sites for hydroxylation is 1. The number of fused-ring (bicyclic) bond motifs is 1. The normalized spacial score (nSPS) is 28.2. The van der Waals surface area contributed by atoms with Crippen molar-refractivity contribution in [1.82, 2.24) is 4.90 Å². The van der Waals surface area contributed by atoms with Gasteiger partial charge in [-0.25, -0.2) is 0 Å². The van der Waals surface area contributed by atoms with Crippen LogP contribution in [0.4, 0.5) is 26.3 Å². The number of alkyl halides is 6. The van der Waals surface area contributed by atoms with Crippen LogP contribution in [0.5, 0.6) is 0 Å². The van der Waals surface area contributed by atoms with Gasteiger partial charge in [0.1, 0.15) is 5.78 Å². The van der Waals surface area contributed by atoms with Gasteiger partial charge >= 0.3 is 12.4 Å². The number of rotatable bonds is 7. The first-order chi connectivity index (χ1) is 17.5. The molecule has 200 valence electrons. The molecule has 2 nitrogen and oxygen atoms in total. The zero-order valence-electron chi connectivity index (χ0n) is 20.5. The molecule has 2 aromatic carbocycles. The molecule has 0 radical (unpaired) electrons. The fraction of sp³-hybridized carbons (Fsp3) is 0.552. The standard InChI is InChI=1S/C29H31F6NO/c30-28(31,32)21-13-18(14-22(15-21)29(33,34)35)5-4-8-26(37)27-24-16-36(17-25(24)27)23-11-9-20(10-12-23)19-6-2-1-3-7-19/h1-3,6-7,13-15,20,23-25,27H,4-5,8-12,16-17H2/t20?,23?,24-,25+,27?. The first-order valence-electron chi connectivity index (χ1n) is 13.1. The number of benzene rings is 2. The van der Waals surface area contributed by atoms with Crippen LogP contribution in [0, 0.1) is 17.8 Å². The molecule has 1 aliphatic heterocycles. The summed E-state index contributed by atoms with van der Waals surface area (Å²) in [5.41, 5.74) is -1.24. The van der Waals surface area contributed by atoms with Crippen LogP contribution in [0.25, 0.3) is 0 Å². The molecule has 8 heteroatoms. The summed E-state index contributed by atoms with van der Waals surface area (Å²) >= 11 is 0. The van der Waals surface area contributed by atoms with Crippen molar-refractivity contribution < 1.29 is 31.1 Å². The van der Waals surface area contributed by atoms with Crippen molar-refractivity contribution in [2.75, 3.05) is 13.1 Å². The smallest absolute Gasteiger partial charge is 0.300 e. The number of halogens is 6. The number of nitrogens with zero attached hydrogens (tertiary/aromatic N) is 1. The van der Waals surface area contributed by atoms with Crippen LogP contribution in [-0.2, 0) is 23.6 Å². The summed E-state index contributed by atoms with van der Waals surface area (Å²) in [5, 5.41) is 0. The van der Waals surface area contributed by atoms with Gasteiger partial charge in [-0.1, -0.05) is 30.3 Å². The van der Waals surface area contributed by atoms with Gasteiger partial charge in [-0.2, -0.15) is 26.3 Å². The quantitative estimate of drug-likeness (QED) is 0.350. The molecule has 1 heterocycles. The van der Waals surface area contributed by atoms with E-state index in [1.165, 1.54) is 18.4 Å². The molecule has 1 unspecified atom stereocenters. The summed E-state index contributed by atoms with van der Waals surface area (Å²) in [7, 11) is 0. The first-order valence-corrected chi connectivity index (χ1v) is 13.1. The molecule has 3 atom stereocenters. The van der Waals surface area contributed by atoms with Gasteiger partial charge in [0.15, 0.2) is 0 Å². The van der Waals surface area contributed by atoms with Gasteiger partial charge in [0.2, 0.25) is 0 Å². The molecule has 2 saturated carbocycles. The molecule has 0 bridgehead atoms. The minimum Gasteiger partial charge on any atom is -0.300 e. The predicted molar refractivity (Wildman–Crippen MR) is 128 cm³/mol. The molecule has 0 spiro atoms. The van der Waals surface area contributed by atoms with E-state index in [0.717, 1.165) is 38.1 Å². The Balaban J connectivity index is 1.08. The van der Waals surface area contributed by atoms with Gasteiger partial charge in [-0.05, 0) is 85.6 Å². The Hall–Kier alpha value is -2.35. The molecule has 3 fully saturated rings. The minimum absolute atomic E-state index is 0.00385. The number of hydrogen-bond donors (Lipinski definition) is 0. The van der Waals surface area contributed by atoms with Crippen LogP contribution in [0.15, 0.2) is 48.5 Å². The summed E-state index contributed by atoms with van der Waals surface area (Å²) in [5.74, 6) is 1.43. The number of carbonyl (C=O) groups is 1. The number of likely N-dealkylation sites (tertiary alicyclic amines) is 1. The van der Waals surface area contributed by atoms with Crippen molar-refractivity contribution in [2.24, 2.45) is 17.8 Å². The SMILES string of the molecule is O=C(CCCc1cc(C(F)(F)F)cc(C(F)(F)F)c1)C1[C@H]2CN(C3CCC(c4ccccc4)CC3)C[C@@H]12. The van der Waals surface area contributed by atoms with Crippen molar-refractivity contribution in [3.63, 3.8) is 0 Å². The average molecular weight is 524 g/mol. The summed E-state index contributed by atoms with van der Waals surface area (Å²) in [6, 6.07) is 12.8. The summed E-state index contributed by atoms with van der Waals surface area (Å²) in [4.78, 5) is 15.3. The predicted octanol–water partition coefficient (Wildman–Crippen LogP) is 7.52. The second kappa shape index (κ2) is 10.1. The Morgan fingerprint density at radius 2 is 1.38 bits per heavy atom. The largest absolute Gasteiger partial charge is 0.416 e. The van der Waals surface area contributed by atoms with E-state index >= 15 is 0 Å². The second-order valence-corrected chi connectivity index (χ2v) is 11.0. The van der Waals surface area contributed by atoms with E-state index in [1.54, 1.807) is 0 Å². The molecule has 0 amide bonds. The van der Waals surface area contributed by atoms with E-state index < -0.39 is 23.5 Å². The van der Waals surface area contributed by atoms with E-state index in [9.17, 15) is 31.1 Å². The third-order valence-corrected chi connectivity index (χ3v) is 8.61. The summed E-state index contributed by atoms with van der Waals surface area (Å²) < 4.78 is 78.4. The van der Waals surface area contributed by atoms with E-state index in [-0.39, 0.29) is 42.6 Å². The van der Waals surface area contributed by atoms with Crippen LogP contribution in [-0.4, -0.2) is 29.8 Å². The Kier molecular flexibility index (Phi) is 7.16. The highest BCUT2D eigenvalue weighted by molar-refractivity contribution is 5.84. The van der Waals surface area contributed by atoms with Crippen LogP contribution in [0.2, 0.25) is 0 Å². The number of piperidine rings is 1. The van der Waals surface area contributed by atoms with Crippen molar-refractivity contribution in [2.45, 2.75) is 69.3 Å². The second-order valence-electron chi connectivity index (χ2n) is 11.0. The third kappa shape index (κ3) is 5.89. The molecule has 37 heavy (non-hydrogen) atoms. The van der Waals surface area contributed by atoms with E-state index in [1.807, 2.05) is 6.07 Å². The monoisotopic (exact) mass is 523 g/mol. The topological polar surface area (TPSA) is 20.3 Å². The molecular formula is C29H31F6NO. The Labute approximate surface area is 213 Å². The van der Waals surface area contributed by atoms with E-state index in [2.05, 4.69) is 29.2 Å². The zero-order valence-corrected chi connectivity index (χ0v) is 20.5. The lowest BCUT2D eigenvalue weighted by molar-refractivity contribution is -0.143. The van der Waals surface area contributed by atoms with Gasteiger partial charge in [0.25, 0.3) is 0 Å². The van der Waals surface area contributed by atoms with Crippen molar-refractivity contribution in [1.29, 1.82) is 0 Å². The Morgan fingerprint density at radius 1 is 0.811 bits per heavy atom. The summed E-state index contributed by atoms with van der Waals surface area (Å²) in [6.07, 6.45) is -4.59. The maximum absolute atomic E-state index is 13.1. The molecule has 1 saturated heterocycles. The first kappa shape index (κ1) is 26.3. The lowest BCUT2D eigenvalue weighted by Crippen LogP contribution is -2.38. The lowest BCUT2D eigenvalue weighted by atomic mass is 9.81. The Bertz CT molecular complexity index is 1060. The maximum atomic E-state index is 13.1. The number of Topliss-reactive ketones (excluding diaryl/α,β-unsaturated/α-hetero) is 1. The van der Waals surface area contributed by atoms with Crippen LogP contribution in [0.1, 0.15) is 66.7 Å². The van der Waals surface area contributed by atoms with Crippen molar-refractivity contribution in [3.05, 3.63) is 70.8 Å². The maximum Gasteiger partial charge on any atom is 0.416 e. The van der Waals surface area contributed by atoms with Crippen LogP contribution >= 0.6 is 0 Å². The highest BCUT2D eigenvalue weighted by atomic mass is 19.4. The van der Waals surface area contributed by atoms with Gasteiger partial charge in [-0.15, -0.1) is 0 Å². The zero-order chi connectivity index (χ0) is 26.4. The molecule has 2 aliphatic carbocycles. The third-order valence-electron chi connectivity index (χ3n) is 8.61.